The van der Waals surface area contributed by atoms with E-state index in [1.807, 2.05) is 0 Å². The van der Waals surface area contributed by atoms with Gasteiger partial charge in [-0.15, -0.1) is 0 Å². The molecule has 0 aromatic heterocycles. The lowest BCUT2D eigenvalue weighted by Gasteiger charge is -2.17. The van der Waals surface area contributed by atoms with Gasteiger partial charge in [-0.3, -0.25) is 4.90 Å². The van der Waals surface area contributed by atoms with Crippen molar-refractivity contribution in [1.82, 2.24) is 4.90 Å². The fraction of sp³-hybridized carbons (Fsp3) is 0.600. The van der Waals surface area contributed by atoms with Crippen molar-refractivity contribution < 1.29 is 0 Å². The number of nitrogens with two attached hydrogens (primary N) is 1. The van der Waals surface area contributed by atoms with Gasteiger partial charge in [0.25, 0.3) is 0 Å². The number of likely N-dealkylation sites (tertiary alicyclic amines) is 1. The molecule has 1 aromatic rings. The van der Waals surface area contributed by atoms with Gasteiger partial charge in [0.1, 0.15) is 0 Å². The molecule has 17 heavy (non-hydrogen) atoms. The van der Waals surface area contributed by atoms with Gasteiger partial charge >= 0.3 is 0 Å². The molecule has 1 aliphatic rings. The Labute approximate surface area is 105 Å². The summed E-state index contributed by atoms with van der Waals surface area (Å²) in [5.41, 5.74) is 9.71. The second-order valence-electron chi connectivity index (χ2n) is 5.61. The number of hydrogen-bond donors (Lipinski definition) is 1. The molecular weight excluding hydrogens is 208 g/mol. The third-order valence-electron chi connectivity index (χ3n) is 4.10. The van der Waals surface area contributed by atoms with Crippen LogP contribution in [0.3, 0.4) is 0 Å². The molecule has 0 saturated carbocycles. The smallest absolute Gasteiger partial charge is 0.0236 e. The van der Waals surface area contributed by atoms with Crippen molar-refractivity contribution in [3.63, 3.8) is 0 Å². The van der Waals surface area contributed by atoms with Gasteiger partial charge in [0, 0.05) is 26.2 Å². The first-order valence-corrected chi connectivity index (χ1v) is 6.61. The number of rotatable bonds is 3. The van der Waals surface area contributed by atoms with Crippen LogP contribution in [0.2, 0.25) is 0 Å². The molecule has 94 valence electrons. The highest BCUT2D eigenvalue weighted by Crippen LogP contribution is 2.24. The fourth-order valence-electron chi connectivity index (χ4n) is 2.68. The maximum Gasteiger partial charge on any atom is 0.0236 e. The first kappa shape index (κ1) is 12.6. The molecule has 2 unspecified atom stereocenters. The normalized spacial score (nSPS) is 25.4. The molecule has 2 nitrogen and oxygen atoms in total. The van der Waals surface area contributed by atoms with Crippen LogP contribution in [-0.4, -0.2) is 18.0 Å². The van der Waals surface area contributed by atoms with Crippen LogP contribution in [0.1, 0.15) is 30.5 Å². The summed E-state index contributed by atoms with van der Waals surface area (Å²) in [6, 6.07) is 6.62. The molecule has 0 radical (unpaired) electrons. The predicted molar refractivity (Wildman–Crippen MR) is 72.7 cm³/mol. The Morgan fingerprint density at radius 1 is 1.24 bits per heavy atom. The van der Waals surface area contributed by atoms with Gasteiger partial charge in [-0.25, -0.2) is 0 Å². The zero-order valence-electron chi connectivity index (χ0n) is 11.2. The van der Waals surface area contributed by atoms with E-state index in [9.17, 15) is 0 Å². The van der Waals surface area contributed by atoms with E-state index in [-0.39, 0.29) is 0 Å². The van der Waals surface area contributed by atoms with Gasteiger partial charge in [-0.05, 0) is 35.4 Å². The largest absolute Gasteiger partial charge is 0.326 e. The summed E-state index contributed by atoms with van der Waals surface area (Å²) in [6.45, 7) is 11.1. The van der Waals surface area contributed by atoms with E-state index < -0.39 is 0 Å². The lowest BCUT2D eigenvalue weighted by Crippen LogP contribution is -2.20. The second kappa shape index (κ2) is 5.19. The lowest BCUT2D eigenvalue weighted by molar-refractivity contribution is 0.315. The summed E-state index contributed by atoms with van der Waals surface area (Å²) >= 11 is 0. The zero-order chi connectivity index (χ0) is 12.4. The van der Waals surface area contributed by atoms with Crippen LogP contribution >= 0.6 is 0 Å². The molecular formula is C15H24N2. The minimum atomic E-state index is 0.638. The Balaban J connectivity index is 2.04. The molecule has 2 N–H and O–H groups in total. The number of hydrogen-bond acceptors (Lipinski definition) is 2. The quantitative estimate of drug-likeness (QED) is 0.868. The van der Waals surface area contributed by atoms with Gasteiger partial charge in [-0.1, -0.05) is 32.0 Å². The average Bonchev–Trinajstić information content (AvgIpc) is 2.61. The Bertz CT molecular complexity index is 377. The van der Waals surface area contributed by atoms with E-state index in [1.165, 1.54) is 29.8 Å². The topological polar surface area (TPSA) is 29.3 Å². The molecule has 2 atom stereocenters. The molecule has 1 heterocycles. The summed E-state index contributed by atoms with van der Waals surface area (Å²) < 4.78 is 0. The van der Waals surface area contributed by atoms with E-state index in [2.05, 4.69) is 43.9 Å². The molecule has 2 rings (SSSR count). The maximum absolute atomic E-state index is 5.66. The van der Waals surface area contributed by atoms with Crippen molar-refractivity contribution in [2.24, 2.45) is 17.6 Å². The molecule has 0 aliphatic carbocycles. The zero-order valence-corrected chi connectivity index (χ0v) is 11.2. The van der Waals surface area contributed by atoms with E-state index in [0.29, 0.717) is 6.54 Å². The summed E-state index contributed by atoms with van der Waals surface area (Å²) in [5, 5.41) is 0. The van der Waals surface area contributed by atoms with Crippen molar-refractivity contribution in [1.29, 1.82) is 0 Å². The SMILES string of the molecule is Cc1cc(CN)ccc1CN1CC(C)C(C)C1. The maximum atomic E-state index is 5.66. The monoisotopic (exact) mass is 232 g/mol. The van der Waals surface area contributed by atoms with Crippen LogP contribution in [0.15, 0.2) is 18.2 Å². The van der Waals surface area contributed by atoms with Gasteiger partial charge < -0.3 is 5.73 Å². The first-order chi connectivity index (χ1) is 8.10. The van der Waals surface area contributed by atoms with Crippen molar-refractivity contribution >= 4 is 0 Å². The molecule has 0 spiro atoms. The number of nitrogens with zero attached hydrogens (tertiary/aromatic N) is 1. The molecule has 0 bridgehead atoms. The van der Waals surface area contributed by atoms with Crippen LogP contribution in [0.5, 0.6) is 0 Å². The van der Waals surface area contributed by atoms with E-state index in [0.717, 1.165) is 18.4 Å². The third kappa shape index (κ3) is 2.88. The molecule has 1 aromatic carbocycles. The van der Waals surface area contributed by atoms with E-state index in [4.69, 9.17) is 5.73 Å². The lowest BCUT2D eigenvalue weighted by atomic mass is 10.0. The summed E-state index contributed by atoms with van der Waals surface area (Å²) in [4.78, 5) is 2.57. The predicted octanol–water partition coefficient (Wildman–Crippen LogP) is 2.54. The Morgan fingerprint density at radius 2 is 1.88 bits per heavy atom. The molecule has 0 amide bonds. The fourth-order valence-corrected chi connectivity index (χ4v) is 2.68. The molecule has 1 aliphatic heterocycles. The number of aryl methyl sites for hydroxylation is 1. The minimum absolute atomic E-state index is 0.638. The van der Waals surface area contributed by atoms with Crippen molar-refractivity contribution in [2.45, 2.75) is 33.9 Å². The molecule has 1 saturated heterocycles. The Hall–Kier alpha value is -0.860. The second-order valence-corrected chi connectivity index (χ2v) is 5.61. The van der Waals surface area contributed by atoms with E-state index >= 15 is 0 Å². The van der Waals surface area contributed by atoms with E-state index in [1.54, 1.807) is 0 Å². The van der Waals surface area contributed by atoms with Crippen molar-refractivity contribution in [3.8, 4) is 0 Å². The highest BCUT2D eigenvalue weighted by atomic mass is 15.1. The van der Waals surface area contributed by atoms with Crippen LogP contribution < -0.4 is 5.73 Å². The van der Waals surface area contributed by atoms with Crippen LogP contribution in [0, 0.1) is 18.8 Å². The minimum Gasteiger partial charge on any atom is -0.326 e. The summed E-state index contributed by atoms with van der Waals surface area (Å²) in [6.07, 6.45) is 0. The van der Waals surface area contributed by atoms with Crippen molar-refractivity contribution in [3.05, 3.63) is 34.9 Å². The van der Waals surface area contributed by atoms with Crippen molar-refractivity contribution in [2.75, 3.05) is 13.1 Å². The van der Waals surface area contributed by atoms with Crippen LogP contribution in [0.4, 0.5) is 0 Å². The standard InChI is InChI=1S/C15H24N2/c1-11-6-14(7-16)4-5-15(11)10-17-8-12(2)13(3)9-17/h4-6,12-13H,7-10,16H2,1-3H3. The van der Waals surface area contributed by atoms with Crippen LogP contribution in [0.25, 0.3) is 0 Å². The highest BCUT2D eigenvalue weighted by Gasteiger charge is 2.25. The third-order valence-corrected chi connectivity index (χ3v) is 4.10. The van der Waals surface area contributed by atoms with Gasteiger partial charge in [-0.2, -0.15) is 0 Å². The summed E-state index contributed by atoms with van der Waals surface area (Å²) in [7, 11) is 0. The van der Waals surface area contributed by atoms with Gasteiger partial charge in [0.2, 0.25) is 0 Å². The first-order valence-electron chi connectivity index (χ1n) is 6.61. The highest BCUT2D eigenvalue weighted by molar-refractivity contribution is 5.31. The number of benzene rings is 1. The average molecular weight is 232 g/mol. The Morgan fingerprint density at radius 3 is 2.41 bits per heavy atom. The van der Waals surface area contributed by atoms with Gasteiger partial charge in [0.15, 0.2) is 0 Å². The van der Waals surface area contributed by atoms with Gasteiger partial charge in [0.05, 0.1) is 0 Å². The molecule has 1 fully saturated rings. The summed E-state index contributed by atoms with van der Waals surface area (Å²) in [5.74, 6) is 1.66. The molecule has 2 heteroatoms. The van der Waals surface area contributed by atoms with Crippen LogP contribution in [-0.2, 0) is 13.1 Å². The Kier molecular flexibility index (Phi) is 3.85.